The number of nitrogens with one attached hydrogen (secondary N) is 1. The molecule has 1 aliphatic rings. The van der Waals surface area contributed by atoms with E-state index in [1.54, 1.807) is 23.8 Å². The molecule has 1 fully saturated rings. The number of amides is 1. The Morgan fingerprint density at radius 2 is 1.70 bits per heavy atom. The number of carbonyl (C=O) groups is 1. The molecule has 0 spiro atoms. The smallest absolute Gasteiger partial charge is 0.368 e. The molecule has 43 heavy (non-hydrogen) atoms. The van der Waals surface area contributed by atoms with E-state index in [1.807, 2.05) is 30.3 Å². The fourth-order valence-corrected chi connectivity index (χ4v) is 5.91. The fourth-order valence-electron chi connectivity index (χ4n) is 5.18. The molecule has 0 bridgehead atoms. The summed E-state index contributed by atoms with van der Waals surface area (Å²) in [6.07, 6.45) is -0.766. The molecule has 1 amide bonds. The monoisotopic (exact) mass is 614 g/mol. The molecule has 1 N–H and O–H groups in total. The van der Waals surface area contributed by atoms with Crippen molar-refractivity contribution < 1.29 is 35.5 Å². The Hall–Kier alpha value is -3.96. The van der Waals surface area contributed by atoms with Crippen LogP contribution in [0.15, 0.2) is 83.9 Å². The van der Waals surface area contributed by atoms with Crippen molar-refractivity contribution in [3.05, 3.63) is 107 Å². The second-order valence-electron chi connectivity index (χ2n) is 10.9. The summed E-state index contributed by atoms with van der Waals surface area (Å²) in [4.78, 5) is 12.5. The molecule has 6 nitrogen and oxygen atoms in total. The molecule has 3 aromatic carbocycles. The van der Waals surface area contributed by atoms with Crippen LogP contribution >= 0.6 is 0 Å². The van der Waals surface area contributed by atoms with Gasteiger partial charge in [0.2, 0.25) is 5.91 Å². The molecule has 0 aliphatic heterocycles. The molecular formula is C32H30F4N2O4S. The van der Waals surface area contributed by atoms with Crippen LogP contribution in [-0.4, -0.2) is 30.7 Å². The average molecular weight is 615 g/mol. The number of sulfone groups is 1. The van der Waals surface area contributed by atoms with Gasteiger partial charge in [0, 0.05) is 23.7 Å². The number of alkyl halides is 3. The summed E-state index contributed by atoms with van der Waals surface area (Å²) >= 11 is 0. The number of hydrogen-bond donors (Lipinski definition) is 1. The maximum Gasteiger partial charge on any atom is 0.417 e. The minimum atomic E-state index is -4.60. The molecular weight excluding hydrogens is 584 g/mol. The van der Waals surface area contributed by atoms with Gasteiger partial charge in [-0.25, -0.2) is 12.8 Å². The fraction of sp³-hybridized carbons (Fsp3) is 0.281. The quantitative estimate of drug-likeness (QED) is 0.196. The number of ether oxygens (including phenoxy) is 1. The van der Waals surface area contributed by atoms with Crippen LogP contribution in [0.1, 0.15) is 35.1 Å². The summed E-state index contributed by atoms with van der Waals surface area (Å²) in [5.74, 6) is -1.54. The first-order valence-electron chi connectivity index (χ1n) is 13.6. The Balaban J connectivity index is 1.45. The minimum Gasteiger partial charge on any atom is -0.368 e. The first-order chi connectivity index (χ1) is 20.3. The van der Waals surface area contributed by atoms with Crippen molar-refractivity contribution in [1.82, 2.24) is 4.57 Å². The zero-order valence-corrected chi connectivity index (χ0v) is 24.4. The van der Waals surface area contributed by atoms with E-state index in [0.717, 1.165) is 42.9 Å². The number of aromatic nitrogens is 1. The van der Waals surface area contributed by atoms with Gasteiger partial charge in [-0.15, -0.1) is 0 Å². The van der Waals surface area contributed by atoms with Crippen molar-refractivity contribution >= 4 is 21.4 Å². The lowest BCUT2D eigenvalue weighted by Gasteiger charge is -2.21. The molecule has 4 aromatic rings. The summed E-state index contributed by atoms with van der Waals surface area (Å²) in [7, 11) is -3.79. The normalized spacial score (nSPS) is 14.5. The summed E-state index contributed by atoms with van der Waals surface area (Å²) in [5, 5.41) is 2.55. The third-order valence-corrected chi connectivity index (χ3v) is 8.67. The van der Waals surface area contributed by atoms with E-state index in [2.05, 4.69) is 5.32 Å². The summed E-state index contributed by atoms with van der Waals surface area (Å²) < 4.78 is 88.0. The van der Waals surface area contributed by atoms with Gasteiger partial charge in [-0.05, 0) is 60.7 Å². The highest BCUT2D eigenvalue weighted by Gasteiger charge is 2.45. The lowest BCUT2D eigenvalue weighted by molar-refractivity contribution is -0.137. The highest BCUT2D eigenvalue weighted by atomic mass is 32.2. The Kier molecular flexibility index (Phi) is 8.24. The van der Waals surface area contributed by atoms with Gasteiger partial charge >= 0.3 is 6.18 Å². The number of nitrogens with zero attached hydrogens (tertiary/aromatic N) is 1. The van der Waals surface area contributed by atoms with Crippen molar-refractivity contribution in [2.24, 2.45) is 0 Å². The lowest BCUT2D eigenvalue weighted by Crippen LogP contribution is -2.22. The Morgan fingerprint density at radius 3 is 2.33 bits per heavy atom. The van der Waals surface area contributed by atoms with E-state index in [0.29, 0.717) is 30.0 Å². The predicted molar refractivity (Wildman–Crippen MR) is 155 cm³/mol. The molecule has 226 valence electrons. The molecule has 1 aromatic heterocycles. The van der Waals surface area contributed by atoms with E-state index < -0.39 is 43.8 Å². The molecule has 1 heterocycles. The number of hydrogen-bond acceptors (Lipinski definition) is 4. The van der Waals surface area contributed by atoms with Gasteiger partial charge in [0.15, 0.2) is 9.84 Å². The molecule has 1 aliphatic carbocycles. The van der Waals surface area contributed by atoms with Gasteiger partial charge < -0.3 is 14.6 Å². The highest BCUT2D eigenvalue weighted by Crippen LogP contribution is 2.45. The van der Waals surface area contributed by atoms with Gasteiger partial charge in [-0.3, -0.25) is 4.79 Å². The van der Waals surface area contributed by atoms with Crippen LogP contribution in [0.5, 0.6) is 0 Å². The van der Waals surface area contributed by atoms with E-state index in [-0.39, 0.29) is 17.7 Å². The third kappa shape index (κ3) is 7.00. The minimum absolute atomic E-state index is 0.00328. The Bertz CT molecular complexity index is 1760. The molecule has 0 radical (unpaired) electrons. The lowest BCUT2D eigenvalue weighted by atomic mass is 9.99. The molecule has 0 atom stereocenters. The van der Waals surface area contributed by atoms with Gasteiger partial charge in [0.1, 0.15) is 10.7 Å². The van der Waals surface area contributed by atoms with Crippen molar-refractivity contribution in [3.8, 4) is 11.3 Å². The number of halogens is 4. The van der Waals surface area contributed by atoms with E-state index in [9.17, 15) is 30.8 Å². The van der Waals surface area contributed by atoms with E-state index >= 15 is 0 Å². The van der Waals surface area contributed by atoms with Crippen molar-refractivity contribution in [2.45, 2.75) is 56.0 Å². The van der Waals surface area contributed by atoms with Gasteiger partial charge in [-0.2, -0.15) is 13.2 Å². The largest absolute Gasteiger partial charge is 0.417 e. The van der Waals surface area contributed by atoms with Crippen LogP contribution in [0.3, 0.4) is 0 Å². The standard InChI is InChI=1S/C32H30F4N2O4S/c1-21-23(16-29(39)37-24-12-13-28(27(33)17-24)43(2,40)41)18-38(30(21)25-10-6-7-11-26(25)32(34,35)36)20-31(14-15-31)42-19-22-8-4-3-5-9-22/h3-13,17-18H,14-16,19-20H2,1-2H3,(H,37,39). The summed E-state index contributed by atoms with van der Waals surface area (Å²) in [5.41, 5.74) is 1.04. The molecule has 0 saturated heterocycles. The second kappa shape index (κ2) is 11.6. The summed E-state index contributed by atoms with van der Waals surface area (Å²) in [6, 6.07) is 18.2. The Morgan fingerprint density at radius 1 is 1.02 bits per heavy atom. The first-order valence-corrected chi connectivity index (χ1v) is 15.5. The molecule has 5 rings (SSSR count). The maximum atomic E-state index is 14.4. The molecule has 11 heteroatoms. The SMILES string of the molecule is Cc1c(CC(=O)Nc2ccc(S(C)(=O)=O)c(F)c2)cn(CC2(OCc3ccccc3)CC2)c1-c1ccccc1C(F)(F)F. The van der Waals surface area contributed by atoms with Crippen molar-refractivity contribution in [2.75, 3.05) is 11.6 Å². The summed E-state index contributed by atoms with van der Waals surface area (Å²) in [6.45, 7) is 2.33. The molecule has 0 unspecified atom stereocenters. The van der Waals surface area contributed by atoms with Crippen LogP contribution in [0, 0.1) is 12.7 Å². The third-order valence-electron chi connectivity index (χ3n) is 7.54. The number of rotatable bonds is 10. The highest BCUT2D eigenvalue weighted by molar-refractivity contribution is 7.90. The van der Waals surface area contributed by atoms with Crippen molar-refractivity contribution in [3.63, 3.8) is 0 Å². The Labute approximate surface area is 247 Å². The zero-order chi connectivity index (χ0) is 31.0. The average Bonchev–Trinajstić information content (AvgIpc) is 3.63. The predicted octanol–water partition coefficient (Wildman–Crippen LogP) is 6.96. The van der Waals surface area contributed by atoms with Gasteiger partial charge in [0.05, 0.1) is 36.4 Å². The van der Waals surface area contributed by atoms with Crippen LogP contribution in [0.25, 0.3) is 11.3 Å². The van der Waals surface area contributed by atoms with Crippen LogP contribution in [0.2, 0.25) is 0 Å². The van der Waals surface area contributed by atoms with Crippen LogP contribution < -0.4 is 5.32 Å². The first kappa shape index (κ1) is 30.5. The van der Waals surface area contributed by atoms with Gasteiger partial charge in [0.25, 0.3) is 0 Å². The van der Waals surface area contributed by atoms with Crippen molar-refractivity contribution in [1.29, 1.82) is 0 Å². The van der Waals surface area contributed by atoms with E-state index in [1.165, 1.54) is 18.2 Å². The second-order valence-corrected chi connectivity index (χ2v) is 12.9. The van der Waals surface area contributed by atoms with E-state index in [4.69, 9.17) is 4.74 Å². The maximum absolute atomic E-state index is 14.4. The van der Waals surface area contributed by atoms with Gasteiger partial charge in [-0.1, -0.05) is 48.5 Å². The van der Waals surface area contributed by atoms with Crippen LogP contribution in [0.4, 0.5) is 23.2 Å². The molecule has 1 saturated carbocycles. The topological polar surface area (TPSA) is 77.4 Å². The number of benzene rings is 3. The number of carbonyl (C=O) groups excluding carboxylic acids is 1. The zero-order valence-electron chi connectivity index (χ0n) is 23.5. The number of anilines is 1. The van der Waals surface area contributed by atoms with Crippen LogP contribution in [-0.2, 0) is 45.1 Å².